The van der Waals surface area contributed by atoms with Gasteiger partial charge in [-0.05, 0) is 65.4 Å². The summed E-state index contributed by atoms with van der Waals surface area (Å²) in [5.41, 5.74) is 4.65. The molecule has 3 aromatic heterocycles. The Morgan fingerprint density at radius 1 is 1.06 bits per heavy atom. The summed E-state index contributed by atoms with van der Waals surface area (Å²) in [4.78, 5) is 17.5. The standard InChI is InChI=1S/C23H19N7O2/c1-16-5-4-12-29-13-18(25-22(16)29)14-32-21-7-3-2-6-20(21)23(31)26-17-8-10-19(11-9-17)30-15-24-27-28-30/h2-13,15H,14H2,1H3,(H,26,31). The number of nitrogens with one attached hydrogen (secondary N) is 1. The Kier molecular flexibility index (Phi) is 5.04. The molecule has 1 amide bonds. The summed E-state index contributed by atoms with van der Waals surface area (Å²) in [6.07, 6.45) is 5.38. The molecule has 158 valence electrons. The second-order valence-corrected chi connectivity index (χ2v) is 7.19. The molecule has 3 heterocycles. The summed E-state index contributed by atoms with van der Waals surface area (Å²) in [5.74, 6) is 0.228. The van der Waals surface area contributed by atoms with E-state index in [4.69, 9.17) is 4.74 Å². The lowest BCUT2D eigenvalue weighted by Gasteiger charge is -2.11. The van der Waals surface area contributed by atoms with Gasteiger partial charge in [-0.1, -0.05) is 18.2 Å². The summed E-state index contributed by atoms with van der Waals surface area (Å²) in [6.45, 7) is 2.27. The predicted octanol–water partition coefficient (Wildman–Crippen LogP) is 3.45. The van der Waals surface area contributed by atoms with Crippen molar-refractivity contribution >= 4 is 17.2 Å². The van der Waals surface area contributed by atoms with Crippen molar-refractivity contribution in [2.75, 3.05) is 5.32 Å². The maximum absolute atomic E-state index is 12.9. The van der Waals surface area contributed by atoms with E-state index in [1.165, 1.54) is 11.0 Å². The minimum Gasteiger partial charge on any atom is -0.486 e. The molecule has 0 saturated carbocycles. The van der Waals surface area contributed by atoms with Crippen LogP contribution in [0.25, 0.3) is 11.3 Å². The summed E-state index contributed by atoms with van der Waals surface area (Å²) in [5, 5.41) is 14.0. The molecule has 0 aliphatic rings. The third-order valence-electron chi connectivity index (χ3n) is 4.97. The number of imidazole rings is 1. The summed E-state index contributed by atoms with van der Waals surface area (Å²) in [7, 11) is 0. The van der Waals surface area contributed by atoms with Crippen molar-refractivity contribution in [3.63, 3.8) is 0 Å². The molecule has 5 aromatic rings. The lowest BCUT2D eigenvalue weighted by Crippen LogP contribution is -2.13. The van der Waals surface area contributed by atoms with Gasteiger partial charge >= 0.3 is 0 Å². The molecule has 9 heteroatoms. The number of carbonyl (C=O) groups is 1. The summed E-state index contributed by atoms with van der Waals surface area (Å²) in [6, 6.07) is 18.3. The zero-order valence-corrected chi connectivity index (χ0v) is 17.2. The third kappa shape index (κ3) is 3.91. The second kappa shape index (κ2) is 8.31. The monoisotopic (exact) mass is 425 g/mol. The number of hydrogen-bond acceptors (Lipinski definition) is 6. The predicted molar refractivity (Wildman–Crippen MR) is 118 cm³/mol. The second-order valence-electron chi connectivity index (χ2n) is 7.19. The van der Waals surface area contributed by atoms with Gasteiger partial charge < -0.3 is 14.5 Å². The molecular formula is C23H19N7O2. The van der Waals surface area contributed by atoms with E-state index in [9.17, 15) is 4.79 Å². The van der Waals surface area contributed by atoms with Gasteiger partial charge in [0.15, 0.2) is 0 Å². The molecule has 0 fully saturated rings. The molecule has 5 rings (SSSR count). The highest BCUT2D eigenvalue weighted by molar-refractivity contribution is 6.06. The summed E-state index contributed by atoms with van der Waals surface area (Å²) < 4.78 is 9.46. The Hall–Kier alpha value is -4.53. The fraction of sp³-hybridized carbons (Fsp3) is 0.0870. The van der Waals surface area contributed by atoms with Crippen molar-refractivity contribution < 1.29 is 9.53 Å². The molecule has 2 aromatic carbocycles. The van der Waals surface area contributed by atoms with Crippen LogP contribution in [0.1, 0.15) is 21.6 Å². The van der Waals surface area contributed by atoms with E-state index in [1.54, 1.807) is 30.3 Å². The number of anilines is 1. The van der Waals surface area contributed by atoms with Crippen LogP contribution in [0.5, 0.6) is 5.75 Å². The number of carbonyl (C=O) groups excluding carboxylic acids is 1. The number of pyridine rings is 1. The van der Waals surface area contributed by atoms with Gasteiger partial charge in [0.2, 0.25) is 0 Å². The number of tetrazole rings is 1. The number of para-hydroxylation sites is 1. The van der Waals surface area contributed by atoms with Crippen molar-refractivity contribution in [3.05, 3.63) is 96.2 Å². The maximum Gasteiger partial charge on any atom is 0.259 e. The van der Waals surface area contributed by atoms with Crippen molar-refractivity contribution in [2.24, 2.45) is 0 Å². The van der Waals surface area contributed by atoms with Crippen molar-refractivity contribution in [3.8, 4) is 11.4 Å². The third-order valence-corrected chi connectivity index (χ3v) is 4.97. The van der Waals surface area contributed by atoms with Crippen LogP contribution in [0, 0.1) is 6.92 Å². The minimum absolute atomic E-state index is 0.256. The SMILES string of the molecule is Cc1cccn2cc(COc3ccccc3C(=O)Nc3ccc(-n4cnnn4)cc3)nc12. The lowest BCUT2D eigenvalue weighted by molar-refractivity contribution is 0.102. The van der Waals surface area contributed by atoms with Crippen LogP contribution in [0.2, 0.25) is 0 Å². The van der Waals surface area contributed by atoms with Crippen LogP contribution in [-0.2, 0) is 6.61 Å². The molecule has 9 nitrogen and oxygen atoms in total. The lowest BCUT2D eigenvalue weighted by atomic mass is 10.2. The molecule has 0 bridgehead atoms. The van der Waals surface area contributed by atoms with Crippen LogP contribution >= 0.6 is 0 Å². The highest BCUT2D eigenvalue weighted by atomic mass is 16.5. The number of benzene rings is 2. The average Bonchev–Trinajstić information content (AvgIpc) is 3.49. The number of amides is 1. The number of rotatable bonds is 6. The van der Waals surface area contributed by atoms with Crippen LogP contribution in [0.3, 0.4) is 0 Å². The van der Waals surface area contributed by atoms with E-state index in [0.29, 0.717) is 17.0 Å². The first-order valence-electron chi connectivity index (χ1n) is 9.97. The van der Waals surface area contributed by atoms with Crippen LogP contribution < -0.4 is 10.1 Å². The molecule has 1 N–H and O–H groups in total. The van der Waals surface area contributed by atoms with E-state index in [1.807, 2.05) is 54.0 Å². The Morgan fingerprint density at radius 3 is 2.69 bits per heavy atom. The smallest absolute Gasteiger partial charge is 0.259 e. The van der Waals surface area contributed by atoms with E-state index in [-0.39, 0.29) is 12.5 Å². The van der Waals surface area contributed by atoms with Crippen LogP contribution in [0.15, 0.2) is 79.4 Å². The molecule has 0 unspecified atom stereocenters. The van der Waals surface area contributed by atoms with Gasteiger partial charge in [0, 0.05) is 18.1 Å². The fourth-order valence-corrected chi connectivity index (χ4v) is 3.38. The highest BCUT2D eigenvalue weighted by Crippen LogP contribution is 2.22. The Morgan fingerprint density at radius 2 is 1.91 bits per heavy atom. The zero-order chi connectivity index (χ0) is 21.9. The molecule has 32 heavy (non-hydrogen) atoms. The molecule has 0 aliphatic carbocycles. The molecular weight excluding hydrogens is 406 g/mol. The topological polar surface area (TPSA) is 99.2 Å². The van der Waals surface area contributed by atoms with Crippen molar-refractivity contribution in [1.82, 2.24) is 29.6 Å². The number of fused-ring (bicyclic) bond motifs is 1. The van der Waals surface area contributed by atoms with Gasteiger partial charge in [-0.3, -0.25) is 4.79 Å². The first kappa shape index (κ1) is 19.4. The molecule has 0 spiro atoms. The number of aryl methyl sites for hydroxylation is 1. The van der Waals surface area contributed by atoms with Crippen molar-refractivity contribution in [1.29, 1.82) is 0 Å². The summed E-state index contributed by atoms with van der Waals surface area (Å²) >= 11 is 0. The first-order chi connectivity index (χ1) is 15.7. The molecule has 0 atom stereocenters. The molecule has 0 saturated heterocycles. The van der Waals surface area contributed by atoms with Crippen molar-refractivity contribution in [2.45, 2.75) is 13.5 Å². The number of ether oxygens (including phenoxy) is 1. The van der Waals surface area contributed by atoms with Gasteiger partial charge in [0.1, 0.15) is 24.3 Å². The van der Waals surface area contributed by atoms with Gasteiger partial charge in [-0.25, -0.2) is 9.67 Å². The van der Waals surface area contributed by atoms with E-state index in [2.05, 4.69) is 25.8 Å². The quantitative estimate of drug-likeness (QED) is 0.447. The van der Waals surface area contributed by atoms with Gasteiger partial charge in [0.25, 0.3) is 5.91 Å². The van der Waals surface area contributed by atoms with E-state index < -0.39 is 0 Å². The number of nitrogens with zero attached hydrogens (tertiary/aromatic N) is 6. The average molecular weight is 425 g/mol. The Balaban J connectivity index is 1.30. The number of hydrogen-bond donors (Lipinski definition) is 1. The van der Waals surface area contributed by atoms with E-state index >= 15 is 0 Å². The first-order valence-corrected chi connectivity index (χ1v) is 9.97. The van der Waals surface area contributed by atoms with Gasteiger partial charge in [0.05, 0.1) is 16.9 Å². The Bertz CT molecular complexity index is 1380. The highest BCUT2D eigenvalue weighted by Gasteiger charge is 2.14. The van der Waals surface area contributed by atoms with Gasteiger partial charge in [-0.15, -0.1) is 5.10 Å². The molecule has 0 aliphatic heterocycles. The number of aromatic nitrogens is 6. The molecule has 0 radical (unpaired) electrons. The van der Waals surface area contributed by atoms with Gasteiger partial charge in [-0.2, -0.15) is 0 Å². The largest absolute Gasteiger partial charge is 0.486 e. The maximum atomic E-state index is 12.9. The van der Waals surface area contributed by atoms with Crippen LogP contribution in [0.4, 0.5) is 5.69 Å². The van der Waals surface area contributed by atoms with E-state index in [0.717, 1.165) is 22.6 Å². The van der Waals surface area contributed by atoms with Crippen LogP contribution in [-0.4, -0.2) is 35.5 Å². The minimum atomic E-state index is -0.262. The Labute approximate surface area is 183 Å². The normalized spacial score (nSPS) is 10.9. The fourth-order valence-electron chi connectivity index (χ4n) is 3.38. The zero-order valence-electron chi connectivity index (χ0n) is 17.2.